The summed E-state index contributed by atoms with van der Waals surface area (Å²) in [4.78, 5) is 33.4. The van der Waals surface area contributed by atoms with E-state index in [9.17, 15) is 9.59 Å². The third kappa shape index (κ3) is 5.46. The fourth-order valence-corrected chi connectivity index (χ4v) is 5.76. The van der Waals surface area contributed by atoms with Gasteiger partial charge in [-0.05, 0) is 105 Å². The Labute approximate surface area is 250 Å². The summed E-state index contributed by atoms with van der Waals surface area (Å²) in [6.07, 6.45) is 0.937. The number of nitrogens with zero attached hydrogens (tertiary/aromatic N) is 3. The summed E-state index contributed by atoms with van der Waals surface area (Å²) in [5.41, 5.74) is 8.96. The number of aromatic nitrogens is 2. The highest BCUT2D eigenvalue weighted by Gasteiger charge is 2.26. The van der Waals surface area contributed by atoms with Gasteiger partial charge < -0.3 is 14.8 Å². The van der Waals surface area contributed by atoms with Crippen molar-refractivity contribution in [1.29, 1.82) is 0 Å². The van der Waals surface area contributed by atoms with Gasteiger partial charge in [0.25, 0.3) is 5.91 Å². The molecule has 0 fully saturated rings. The molecule has 42 heavy (non-hydrogen) atoms. The summed E-state index contributed by atoms with van der Waals surface area (Å²) in [5, 5.41) is 3.71. The van der Waals surface area contributed by atoms with Gasteiger partial charge in [-0.25, -0.2) is 4.98 Å². The lowest BCUT2D eigenvalue weighted by atomic mass is 9.97. The molecule has 0 radical (unpaired) electrons. The topological polar surface area (TPSA) is 67.2 Å². The minimum absolute atomic E-state index is 0.00315. The van der Waals surface area contributed by atoms with Gasteiger partial charge in [0.15, 0.2) is 0 Å². The molecule has 0 atom stereocenters. The summed E-state index contributed by atoms with van der Waals surface area (Å²) < 4.78 is 2.09. The zero-order valence-electron chi connectivity index (χ0n) is 23.8. The maximum Gasteiger partial charge on any atom is 0.256 e. The Morgan fingerprint density at radius 1 is 0.881 bits per heavy atom. The van der Waals surface area contributed by atoms with Gasteiger partial charge in [-0.1, -0.05) is 47.5 Å². The molecule has 6 nitrogen and oxygen atoms in total. The van der Waals surface area contributed by atoms with Crippen LogP contribution in [0, 0.1) is 20.8 Å². The second kappa shape index (κ2) is 11.3. The average Bonchev–Trinajstić information content (AvgIpc) is 3.55. The highest BCUT2D eigenvalue weighted by molar-refractivity contribution is 6.30. The van der Waals surface area contributed by atoms with Crippen molar-refractivity contribution in [3.05, 3.63) is 130 Å². The molecular weight excluding hydrogens is 544 g/mol. The lowest BCUT2D eigenvalue weighted by Gasteiger charge is -2.18. The third-order valence-corrected chi connectivity index (χ3v) is 7.99. The van der Waals surface area contributed by atoms with Crippen LogP contribution in [0.25, 0.3) is 16.9 Å². The molecule has 0 bridgehead atoms. The summed E-state index contributed by atoms with van der Waals surface area (Å²) in [5.74, 6) is 0.628. The van der Waals surface area contributed by atoms with E-state index in [-0.39, 0.29) is 18.2 Å². The van der Waals surface area contributed by atoms with E-state index in [2.05, 4.69) is 22.0 Å². The number of rotatable bonds is 6. The van der Waals surface area contributed by atoms with E-state index in [4.69, 9.17) is 16.6 Å². The molecule has 2 aromatic heterocycles. The largest absolute Gasteiger partial charge is 0.322 e. The van der Waals surface area contributed by atoms with E-state index in [1.165, 1.54) is 0 Å². The Morgan fingerprint density at radius 2 is 1.64 bits per heavy atom. The van der Waals surface area contributed by atoms with Gasteiger partial charge in [0.05, 0.1) is 12.1 Å². The Hall–Kier alpha value is -4.68. The first-order valence-corrected chi connectivity index (χ1v) is 14.4. The number of amides is 2. The number of fused-ring (bicyclic) bond motifs is 1. The van der Waals surface area contributed by atoms with E-state index in [0.717, 1.165) is 57.3 Å². The van der Waals surface area contributed by atoms with Gasteiger partial charge in [-0.15, -0.1) is 0 Å². The zero-order valence-corrected chi connectivity index (χ0v) is 24.6. The highest BCUT2D eigenvalue weighted by atomic mass is 35.5. The molecule has 6 rings (SSSR count). The molecule has 1 aliphatic rings. The summed E-state index contributed by atoms with van der Waals surface area (Å²) >= 11 is 6.08. The van der Waals surface area contributed by atoms with Crippen molar-refractivity contribution in [2.75, 3.05) is 16.8 Å². The first kappa shape index (κ1) is 27.5. The van der Waals surface area contributed by atoms with Crippen LogP contribution < -0.4 is 10.2 Å². The van der Waals surface area contributed by atoms with E-state index in [1.807, 2.05) is 105 Å². The number of anilines is 2. The molecule has 5 aromatic rings. The predicted molar refractivity (Wildman–Crippen MR) is 169 cm³/mol. The fourth-order valence-electron chi connectivity index (χ4n) is 5.63. The quantitative estimate of drug-likeness (QED) is 0.228. The molecule has 0 unspecified atom stereocenters. The van der Waals surface area contributed by atoms with Crippen molar-refractivity contribution >= 4 is 34.8 Å². The number of pyridine rings is 1. The van der Waals surface area contributed by atoms with Crippen LogP contribution in [0.15, 0.2) is 91.0 Å². The molecule has 0 spiro atoms. The molecule has 2 amide bonds. The lowest BCUT2D eigenvalue weighted by Crippen LogP contribution is -2.30. The summed E-state index contributed by atoms with van der Waals surface area (Å²) in [7, 11) is 0. The Kier molecular flexibility index (Phi) is 7.40. The number of carbonyl (C=O) groups excluding carboxylic acids is 2. The van der Waals surface area contributed by atoms with Crippen molar-refractivity contribution in [3.63, 3.8) is 0 Å². The Morgan fingerprint density at radius 3 is 2.40 bits per heavy atom. The maximum atomic E-state index is 13.4. The molecule has 210 valence electrons. The Bertz CT molecular complexity index is 1800. The number of nitrogens with one attached hydrogen (secondary N) is 1. The lowest BCUT2D eigenvalue weighted by molar-refractivity contribution is -0.117. The molecule has 3 aromatic carbocycles. The molecule has 1 aliphatic heterocycles. The number of benzene rings is 3. The van der Waals surface area contributed by atoms with Crippen LogP contribution in [0.1, 0.15) is 38.6 Å². The van der Waals surface area contributed by atoms with Gasteiger partial charge in [-0.2, -0.15) is 0 Å². The monoisotopic (exact) mass is 574 g/mol. The summed E-state index contributed by atoms with van der Waals surface area (Å²) in [6, 6.07) is 29.0. The number of aryl methyl sites for hydroxylation is 3. The normalized spacial score (nSPS) is 12.3. The maximum absolute atomic E-state index is 13.4. The van der Waals surface area contributed by atoms with Gasteiger partial charge in [0.2, 0.25) is 5.91 Å². The van der Waals surface area contributed by atoms with E-state index < -0.39 is 0 Å². The van der Waals surface area contributed by atoms with Crippen LogP contribution in [-0.2, 0) is 17.6 Å². The van der Waals surface area contributed by atoms with Crippen molar-refractivity contribution < 1.29 is 9.59 Å². The SMILES string of the molecule is Cc1ccc(C(=O)Nc2ccc3c(c2)CCN3C(=O)Cc2cccc(-n3c(C)ccc3C)n2)c(-c2ccc(Cl)cc2)c1. The molecule has 0 aliphatic carbocycles. The number of hydrogen-bond acceptors (Lipinski definition) is 3. The second-order valence-corrected chi connectivity index (χ2v) is 11.2. The van der Waals surface area contributed by atoms with Crippen LogP contribution in [0.5, 0.6) is 0 Å². The van der Waals surface area contributed by atoms with Crippen molar-refractivity contribution in [2.24, 2.45) is 0 Å². The molecule has 0 saturated heterocycles. The molecular formula is C35H31ClN4O2. The van der Waals surface area contributed by atoms with E-state index in [0.29, 0.717) is 22.8 Å². The minimum atomic E-state index is -0.190. The van der Waals surface area contributed by atoms with Crippen molar-refractivity contribution in [1.82, 2.24) is 9.55 Å². The zero-order chi connectivity index (χ0) is 29.4. The number of carbonyl (C=O) groups is 2. The van der Waals surface area contributed by atoms with Gasteiger partial charge >= 0.3 is 0 Å². The number of hydrogen-bond donors (Lipinski definition) is 1. The first-order chi connectivity index (χ1) is 20.3. The van der Waals surface area contributed by atoms with Crippen LogP contribution in [0.4, 0.5) is 11.4 Å². The number of halogens is 1. The van der Waals surface area contributed by atoms with Crippen LogP contribution in [0.3, 0.4) is 0 Å². The molecule has 0 saturated carbocycles. The van der Waals surface area contributed by atoms with E-state index >= 15 is 0 Å². The Balaban J connectivity index is 1.18. The van der Waals surface area contributed by atoms with Gasteiger partial charge in [-0.3, -0.25) is 9.59 Å². The van der Waals surface area contributed by atoms with Crippen LogP contribution in [-0.4, -0.2) is 27.9 Å². The third-order valence-electron chi connectivity index (χ3n) is 7.73. The van der Waals surface area contributed by atoms with Crippen LogP contribution >= 0.6 is 11.6 Å². The first-order valence-electron chi connectivity index (χ1n) is 14.0. The second-order valence-electron chi connectivity index (χ2n) is 10.8. The smallest absolute Gasteiger partial charge is 0.256 e. The van der Waals surface area contributed by atoms with Crippen LogP contribution in [0.2, 0.25) is 5.02 Å². The summed E-state index contributed by atoms with van der Waals surface area (Å²) in [6.45, 7) is 6.69. The minimum Gasteiger partial charge on any atom is -0.322 e. The molecule has 3 heterocycles. The molecule has 7 heteroatoms. The van der Waals surface area contributed by atoms with Gasteiger partial charge in [0.1, 0.15) is 5.82 Å². The average molecular weight is 575 g/mol. The predicted octanol–water partition coefficient (Wildman–Crippen LogP) is 7.50. The fraction of sp³-hybridized carbons (Fsp3) is 0.171. The van der Waals surface area contributed by atoms with E-state index in [1.54, 1.807) is 0 Å². The molecule has 1 N–H and O–H groups in total. The highest BCUT2D eigenvalue weighted by Crippen LogP contribution is 2.32. The van der Waals surface area contributed by atoms with Crippen molar-refractivity contribution in [3.8, 4) is 16.9 Å². The van der Waals surface area contributed by atoms with Gasteiger partial charge in [0, 0.05) is 39.9 Å². The van der Waals surface area contributed by atoms with Crippen molar-refractivity contribution in [2.45, 2.75) is 33.6 Å². The standard InChI is InChI=1S/C35H31ClN4O2/c1-22-7-15-30(31(19-22)25-10-12-27(36)13-11-25)35(42)38-29-14-16-32-26(20-29)17-18-39(32)34(41)21-28-5-4-6-33(37-28)40-23(2)8-9-24(40)3/h4-16,19-20H,17-18,21H2,1-3H3,(H,38,42).